The minimum Gasteiger partial charge on any atom is -0.505 e. The number of benzene rings is 3. The highest BCUT2D eigenvalue weighted by atomic mass is 19.4. The van der Waals surface area contributed by atoms with Gasteiger partial charge in [-0.25, -0.2) is 0 Å². The third-order valence-corrected chi connectivity index (χ3v) is 6.21. The summed E-state index contributed by atoms with van der Waals surface area (Å²) in [6.07, 6.45) is -4.72. The summed E-state index contributed by atoms with van der Waals surface area (Å²) in [5.41, 5.74) is -1.26. The van der Waals surface area contributed by atoms with Crippen molar-refractivity contribution < 1.29 is 27.9 Å². The van der Waals surface area contributed by atoms with Crippen LogP contribution in [0.3, 0.4) is 0 Å². The summed E-state index contributed by atoms with van der Waals surface area (Å²) < 4.78 is 44.9. The minimum absolute atomic E-state index is 0.0179. The van der Waals surface area contributed by atoms with Crippen LogP contribution < -0.4 is 4.74 Å². The molecule has 0 aromatic heterocycles. The number of rotatable bonds is 6. The molecule has 0 heterocycles. The second-order valence-corrected chi connectivity index (χ2v) is 10.2. The summed E-state index contributed by atoms with van der Waals surface area (Å²) in [4.78, 5) is 10.6. The van der Waals surface area contributed by atoms with Crippen molar-refractivity contribution in [3.63, 3.8) is 0 Å². The minimum atomic E-state index is -4.72. The fourth-order valence-electron chi connectivity index (χ4n) is 3.81. The van der Waals surface area contributed by atoms with Crippen LogP contribution in [0, 0.1) is 10.1 Å². The lowest BCUT2D eigenvalue weighted by atomic mass is 9.75. The van der Waals surface area contributed by atoms with Gasteiger partial charge in [0.1, 0.15) is 17.2 Å². The van der Waals surface area contributed by atoms with Gasteiger partial charge >= 0.3 is 6.18 Å². The van der Waals surface area contributed by atoms with Crippen molar-refractivity contribution in [2.24, 2.45) is 10.2 Å². The number of azo groups is 1. The van der Waals surface area contributed by atoms with Gasteiger partial charge in [0.05, 0.1) is 17.6 Å². The molecule has 0 radical (unpaired) electrons. The number of ether oxygens (including phenoxy) is 1. The zero-order valence-corrected chi connectivity index (χ0v) is 21.3. The van der Waals surface area contributed by atoms with Gasteiger partial charge in [0, 0.05) is 17.0 Å². The number of hydrogen-bond donors (Lipinski definition) is 1. The number of nitro benzene ring substituents is 1. The van der Waals surface area contributed by atoms with Crippen molar-refractivity contribution in [3.8, 4) is 11.5 Å². The molecule has 0 amide bonds. The summed E-state index contributed by atoms with van der Waals surface area (Å²) >= 11 is 0. The highest BCUT2D eigenvalue weighted by molar-refractivity contribution is 5.64. The first kappa shape index (κ1) is 27.6. The zero-order valence-electron chi connectivity index (χ0n) is 21.3. The Kier molecular flexibility index (Phi) is 7.35. The highest BCUT2D eigenvalue weighted by Crippen LogP contribution is 2.45. The molecule has 0 saturated heterocycles. The van der Waals surface area contributed by atoms with E-state index in [4.69, 9.17) is 4.74 Å². The van der Waals surface area contributed by atoms with Crippen molar-refractivity contribution in [1.29, 1.82) is 0 Å². The summed E-state index contributed by atoms with van der Waals surface area (Å²) in [7, 11) is 1.56. The maximum absolute atomic E-state index is 13.2. The number of nitro groups is 1. The smallest absolute Gasteiger partial charge is 0.416 e. The lowest BCUT2D eigenvalue weighted by Crippen LogP contribution is -2.21. The van der Waals surface area contributed by atoms with Crippen molar-refractivity contribution in [2.45, 2.75) is 51.6 Å². The molecular weight excluding hydrogens is 487 g/mol. The molecule has 196 valence electrons. The van der Waals surface area contributed by atoms with E-state index in [2.05, 4.69) is 10.2 Å². The molecule has 0 unspecified atom stereocenters. The molecule has 0 aliphatic rings. The van der Waals surface area contributed by atoms with Crippen molar-refractivity contribution in [1.82, 2.24) is 0 Å². The van der Waals surface area contributed by atoms with E-state index in [1.54, 1.807) is 25.3 Å². The normalized spacial score (nSPS) is 12.7. The van der Waals surface area contributed by atoms with Crippen LogP contribution in [0.15, 0.2) is 64.8 Å². The van der Waals surface area contributed by atoms with E-state index in [-0.39, 0.29) is 16.9 Å². The van der Waals surface area contributed by atoms with Gasteiger partial charge in [0.15, 0.2) is 5.69 Å². The average Bonchev–Trinajstić information content (AvgIpc) is 2.81. The fraction of sp³-hybridized carbons (Fsp3) is 0.333. The maximum Gasteiger partial charge on any atom is 0.416 e. The van der Waals surface area contributed by atoms with Crippen LogP contribution in [0.1, 0.15) is 56.9 Å². The monoisotopic (exact) mass is 515 g/mol. The summed E-state index contributed by atoms with van der Waals surface area (Å²) in [5.74, 6) is 0.441. The van der Waals surface area contributed by atoms with Gasteiger partial charge in [0.2, 0.25) is 0 Å². The molecule has 3 aromatic rings. The number of phenolic OH excluding ortho intramolecular Hbond substituents is 1. The molecule has 37 heavy (non-hydrogen) atoms. The Morgan fingerprint density at radius 3 is 1.89 bits per heavy atom. The van der Waals surface area contributed by atoms with E-state index < -0.39 is 33.5 Å². The molecule has 0 fully saturated rings. The molecule has 7 nitrogen and oxygen atoms in total. The van der Waals surface area contributed by atoms with Crippen molar-refractivity contribution in [2.75, 3.05) is 7.11 Å². The quantitative estimate of drug-likeness (QED) is 0.203. The van der Waals surface area contributed by atoms with Gasteiger partial charge < -0.3 is 9.84 Å². The van der Waals surface area contributed by atoms with E-state index in [9.17, 15) is 28.4 Å². The predicted octanol–water partition coefficient (Wildman–Crippen LogP) is 8.37. The van der Waals surface area contributed by atoms with Crippen LogP contribution in [-0.4, -0.2) is 17.1 Å². The Balaban J connectivity index is 2.20. The topological polar surface area (TPSA) is 97.3 Å². The summed E-state index contributed by atoms with van der Waals surface area (Å²) in [5, 5.41) is 30.4. The first-order chi connectivity index (χ1) is 17.1. The van der Waals surface area contributed by atoms with Gasteiger partial charge in [-0.15, -0.1) is 10.2 Å². The first-order valence-corrected chi connectivity index (χ1v) is 11.4. The number of methoxy groups -OCH3 is 1. The first-order valence-electron chi connectivity index (χ1n) is 11.4. The lowest BCUT2D eigenvalue weighted by molar-refractivity contribution is -0.384. The Morgan fingerprint density at radius 2 is 1.38 bits per heavy atom. The van der Waals surface area contributed by atoms with Crippen LogP contribution in [0.5, 0.6) is 11.5 Å². The SMILES string of the molecule is COc1ccc(C(C)(C)c2cc(C(C)(C)C)cc(/N=N/c3cc(C(F)(F)F)ccc3[N+](=O)[O-])c2O)cc1. The Labute approximate surface area is 212 Å². The number of aromatic hydroxyl groups is 1. The van der Waals surface area contributed by atoms with Crippen LogP contribution in [-0.2, 0) is 17.0 Å². The average molecular weight is 516 g/mol. The van der Waals surface area contributed by atoms with Crippen LogP contribution >= 0.6 is 0 Å². The van der Waals surface area contributed by atoms with Crippen molar-refractivity contribution >= 4 is 17.1 Å². The molecule has 0 spiro atoms. The lowest BCUT2D eigenvalue weighted by Gasteiger charge is -2.30. The Morgan fingerprint density at radius 1 is 0.838 bits per heavy atom. The van der Waals surface area contributed by atoms with Gasteiger partial charge in [-0.05, 0) is 46.9 Å². The second kappa shape index (κ2) is 9.84. The Bertz CT molecular complexity index is 1340. The summed E-state index contributed by atoms with van der Waals surface area (Å²) in [6, 6.07) is 12.7. The summed E-state index contributed by atoms with van der Waals surface area (Å²) in [6.45, 7) is 9.70. The molecule has 1 N–H and O–H groups in total. The number of phenols is 1. The number of hydrogen-bond acceptors (Lipinski definition) is 6. The zero-order chi connectivity index (χ0) is 27.8. The van der Waals surface area contributed by atoms with E-state index in [0.717, 1.165) is 17.2 Å². The van der Waals surface area contributed by atoms with E-state index >= 15 is 0 Å². The second-order valence-electron chi connectivity index (χ2n) is 10.2. The van der Waals surface area contributed by atoms with Gasteiger partial charge in [-0.2, -0.15) is 13.2 Å². The van der Waals surface area contributed by atoms with E-state index in [1.807, 2.05) is 52.8 Å². The third kappa shape index (κ3) is 5.90. The van der Waals surface area contributed by atoms with Crippen LogP contribution in [0.2, 0.25) is 0 Å². The molecule has 0 saturated carbocycles. The molecule has 10 heteroatoms. The van der Waals surface area contributed by atoms with Crippen molar-refractivity contribution in [3.05, 3.63) is 87.0 Å². The third-order valence-electron chi connectivity index (χ3n) is 6.21. The van der Waals surface area contributed by atoms with Crippen LogP contribution in [0.4, 0.5) is 30.2 Å². The highest BCUT2D eigenvalue weighted by Gasteiger charge is 2.33. The van der Waals surface area contributed by atoms with Gasteiger partial charge in [-0.3, -0.25) is 10.1 Å². The number of alkyl halides is 3. The molecule has 3 rings (SSSR count). The number of nitrogens with zero attached hydrogens (tertiary/aromatic N) is 3. The maximum atomic E-state index is 13.2. The predicted molar refractivity (Wildman–Crippen MR) is 134 cm³/mol. The molecule has 0 atom stereocenters. The largest absolute Gasteiger partial charge is 0.505 e. The molecule has 0 bridgehead atoms. The van der Waals surface area contributed by atoms with E-state index in [1.165, 1.54) is 0 Å². The molecule has 0 aliphatic heterocycles. The number of halogens is 3. The van der Waals surface area contributed by atoms with Crippen LogP contribution in [0.25, 0.3) is 0 Å². The molecule has 3 aromatic carbocycles. The molecular formula is C27H28F3N3O4. The molecule has 0 aliphatic carbocycles. The van der Waals surface area contributed by atoms with E-state index in [0.29, 0.717) is 23.4 Å². The standard InChI is InChI=1S/C27H28F3N3O4/c1-25(2,3)18-13-20(26(4,5)16-7-10-19(37-6)11-8-16)24(34)22(15-18)32-31-21-14-17(27(28,29)30)9-12-23(21)33(35)36/h7-15,34H,1-6H3/b32-31+. The van der Waals surface area contributed by atoms with Gasteiger partial charge in [-0.1, -0.05) is 52.8 Å². The van der Waals surface area contributed by atoms with Gasteiger partial charge in [0.25, 0.3) is 5.69 Å². The fourth-order valence-corrected chi connectivity index (χ4v) is 3.81. The Hall–Kier alpha value is -3.95.